The van der Waals surface area contributed by atoms with Gasteiger partial charge in [-0.3, -0.25) is 9.69 Å². The Morgan fingerprint density at radius 1 is 1.08 bits per heavy atom. The molecule has 25 heavy (non-hydrogen) atoms. The molecule has 2 aliphatic heterocycles. The van der Waals surface area contributed by atoms with Gasteiger partial charge < -0.3 is 14.4 Å². The Morgan fingerprint density at radius 3 is 2.72 bits per heavy atom. The van der Waals surface area contributed by atoms with E-state index in [1.54, 1.807) is 0 Å². The molecule has 0 N–H and O–H groups in total. The first kappa shape index (κ1) is 16.0. The van der Waals surface area contributed by atoms with Crippen molar-refractivity contribution < 1.29 is 14.3 Å². The monoisotopic (exact) mass is 338 g/mol. The molecular weight excluding hydrogens is 316 g/mol. The molecule has 5 nitrogen and oxygen atoms in total. The highest BCUT2D eigenvalue weighted by Crippen LogP contribution is 2.36. The number of benzene rings is 2. The number of anilines is 1. The van der Waals surface area contributed by atoms with Crippen molar-refractivity contribution >= 4 is 11.6 Å². The van der Waals surface area contributed by atoms with Gasteiger partial charge in [0.25, 0.3) is 0 Å². The van der Waals surface area contributed by atoms with E-state index in [4.69, 9.17) is 9.47 Å². The van der Waals surface area contributed by atoms with E-state index < -0.39 is 0 Å². The third-order valence-corrected chi connectivity index (χ3v) is 5.08. The summed E-state index contributed by atoms with van der Waals surface area (Å²) in [7, 11) is 0. The number of hydrogen-bond donors (Lipinski definition) is 0. The van der Waals surface area contributed by atoms with Crippen molar-refractivity contribution in [3.63, 3.8) is 0 Å². The van der Waals surface area contributed by atoms with Crippen LogP contribution in [0, 0.1) is 6.92 Å². The second-order valence-electron chi connectivity index (χ2n) is 6.60. The van der Waals surface area contributed by atoms with Crippen LogP contribution in [0.3, 0.4) is 0 Å². The fraction of sp³-hybridized carbons (Fsp3) is 0.350. The Morgan fingerprint density at radius 2 is 1.88 bits per heavy atom. The van der Waals surface area contributed by atoms with Gasteiger partial charge in [-0.05, 0) is 37.1 Å². The zero-order valence-corrected chi connectivity index (χ0v) is 14.6. The lowest BCUT2D eigenvalue weighted by atomic mass is 10.1. The Hall–Kier alpha value is -2.53. The summed E-state index contributed by atoms with van der Waals surface area (Å²) in [5, 5.41) is 0. The number of aryl methyl sites for hydroxylation is 1. The summed E-state index contributed by atoms with van der Waals surface area (Å²) >= 11 is 0. The number of piperazine rings is 1. The van der Waals surface area contributed by atoms with E-state index in [-0.39, 0.29) is 18.7 Å². The minimum atomic E-state index is -0.154. The Kier molecular flexibility index (Phi) is 4.09. The van der Waals surface area contributed by atoms with E-state index in [9.17, 15) is 4.79 Å². The predicted octanol–water partition coefficient (Wildman–Crippen LogP) is 2.96. The fourth-order valence-corrected chi connectivity index (χ4v) is 3.45. The lowest BCUT2D eigenvalue weighted by Gasteiger charge is -2.39. The molecule has 5 heteroatoms. The number of hydrogen-bond acceptors (Lipinski definition) is 4. The smallest absolute Gasteiger partial charge is 0.244 e. The highest BCUT2D eigenvalue weighted by molar-refractivity contribution is 5.98. The van der Waals surface area contributed by atoms with Crippen molar-refractivity contribution in [2.45, 2.75) is 26.4 Å². The van der Waals surface area contributed by atoms with Crippen molar-refractivity contribution in [1.82, 2.24) is 4.90 Å². The van der Waals surface area contributed by atoms with E-state index >= 15 is 0 Å². The van der Waals surface area contributed by atoms with Crippen molar-refractivity contribution in [3.8, 4) is 11.5 Å². The largest absolute Gasteiger partial charge is 0.454 e. The molecule has 4 rings (SSSR count). The van der Waals surface area contributed by atoms with Gasteiger partial charge in [-0.25, -0.2) is 0 Å². The molecule has 1 amide bonds. The van der Waals surface area contributed by atoms with Gasteiger partial charge >= 0.3 is 0 Å². The molecule has 2 aromatic rings. The first-order valence-corrected chi connectivity index (χ1v) is 8.63. The van der Waals surface area contributed by atoms with Crippen LogP contribution in [0.1, 0.15) is 18.1 Å². The molecule has 2 aromatic carbocycles. The Labute approximate surface area is 147 Å². The molecule has 2 aliphatic rings. The van der Waals surface area contributed by atoms with Crippen LogP contribution in [0.4, 0.5) is 5.69 Å². The molecule has 0 aromatic heterocycles. The van der Waals surface area contributed by atoms with Crippen molar-refractivity contribution in [1.29, 1.82) is 0 Å². The Balaban J connectivity index is 1.50. The second-order valence-corrected chi connectivity index (χ2v) is 6.60. The third kappa shape index (κ3) is 2.96. The van der Waals surface area contributed by atoms with Gasteiger partial charge in [-0.15, -0.1) is 0 Å². The highest BCUT2D eigenvalue weighted by atomic mass is 16.7. The van der Waals surface area contributed by atoms with Crippen LogP contribution >= 0.6 is 0 Å². The number of carbonyl (C=O) groups is 1. The average Bonchev–Trinajstić information content (AvgIpc) is 3.08. The van der Waals surface area contributed by atoms with Gasteiger partial charge in [0.2, 0.25) is 12.7 Å². The molecule has 1 saturated heterocycles. The summed E-state index contributed by atoms with van der Waals surface area (Å²) in [6.45, 7) is 6.66. The number of nitrogens with zero attached hydrogens (tertiary/aromatic N) is 2. The van der Waals surface area contributed by atoms with E-state index in [0.717, 1.165) is 24.5 Å². The minimum absolute atomic E-state index is 0.124. The Bertz CT molecular complexity index is 805. The predicted molar refractivity (Wildman–Crippen MR) is 96.0 cm³/mol. The maximum Gasteiger partial charge on any atom is 0.244 e. The standard InChI is InChI=1S/C20H22N2O3/c1-14-5-3-4-6-16(14)12-21-9-10-22(20(23)15(21)2)17-7-8-18-19(11-17)25-13-24-18/h3-8,11,15H,9-10,12-13H2,1-2H3. The van der Waals surface area contributed by atoms with Gasteiger partial charge in [-0.1, -0.05) is 24.3 Å². The maximum atomic E-state index is 12.9. The third-order valence-electron chi connectivity index (χ3n) is 5.08. The molecule has 1 fully saturated rings. The van der Waals surface area contributed by atoms with E-state index in [2.05, 4.69) is 30.0 Å². The van der Waals surface area contributed by atoms with Gasteiger partial charge in [0.1, 0.15) is 0 Å². The van der Waals surface area contributed by atoms with Crippen LogP contribution in [0.2, 0.25) is 0 Å². The number of carbonyl (C=O) groups excluding carboxylic acids is 1. The SMILES string of the molecule is Cc1ccccc1CN1CCN(c2ccc3c(c2)OCO3)C(=O)C1C. The van der Waals surface area contributed by atoms with Crippen LogP contribution in [0.5, 0.6) is 11.5 Å². The van der Waals surface area contributed by atoms with Gasteiger partial charge in [0.15, 0.2) is 11.5 Å². The molecule has 1 atom stereocenters. The number of amides is 1. The topological polar surface area (TPSA) is 42.0 Å². The van der Waals surface area contributed by atoms with Crippen LogP contribution in [-0.2, 0) is 11.3 Å². The van der Waals surface area contributed by atoms with Gasteiger partial charge in [-0.2, -0.15) is 0 Å². The molecule has 2 heterocycles. The molecule has 0 bridgehead atoms. The summed E-state index contributed by atoms with van der Waals surface area (Å²) in [5.41, 5.74) is 3.41. The van der Waals surface area contributed by atoms with Crippen molar-refractivity contribution in [2.75, 3.05) is 24.8 Å². The first-order chi connectivity index (χ1) is 12.1. The number of fused-ring (bicyclic) bond motifs is 1. The maximum absolute atomic E-state index is 12.9. The van der Waals surface area contributed by atoms with Crippen LogP contribution in [-0.4, -0.2) is 36.7 Å². The molecule has 0 aliphatic carbocycles. The molecular formula is C20H22N2O3. The summed E-state index contributed by atoms with van der Waals surface area (Å²) in [5.74, 6) is 1.57. The van der Waals surface area contributed by atoms with Crippen LogP contribution in [0.25, 0.3) is 0 Å². The number of rotatable bonds is 3. The summed E-state index contributed by atoms with van der Waals surface area (Å²) in [6.07, 6.45) is 0. The van der Waals surface area contributed by atoms with E-state index in [0.29, 0.717) is 12.3 Å². The number of ether oxygens (including phenoxy) is 2. The zero-order chi connectivity index (χ0) is 17.4. The van der Waals surface area contributed by atoms with E-state index in [1.807, 2.05) is 36.1 Å². The van der Waals surface area contributed by atoms with Crippen molar-refractivity contribution in [2.24, 2.45) is 0 Å². The molecule has 0 spiro atoms. The zero-order valence-electron chi connectivity index (χ0n) is 14.6. The van der Waals surface area contributed by atoms with Gasteiger partial charge in [0, 0.05) is 31.4 Å². The van der Waals surface area contributed by atoms with Gasteiger partial charge in [0.05, 0.1) is 6.04 Å². The van der Waals surface area contributed by atoms with E-state index in [1.165, 1.54) is 11.1 Å². The van der Waals surface area contributed by atoms with Crippen molar-refractivity contribution in [3.05, 3.63) is 53.6 Å². The summed E-state index contributed by atoms with van der Waals surface area (Å²) in [6, 6.07) is 13.9. The summed E-state index contributed by atoms with van der Waals surface area (Å²) in [4.78, 5) is 17.0. The first-order valence-electron chi connectivity index (χ1n) is 8.63. The molecule has 0 saturated carbocycles. The lowest BCUT2D eigenvalue weighted by Crippen LogP contribution is -2.55. The quantitative estimate of drug-likeness (QED) is 0.863. The average molecular weight is 338 g/mol. The van der Waals surface area contributed by atoms with Crippen LogP contribution in [0.15, 0.2) is 42.5 Å². The summed E-state index contributed by atoms with van der Waals surface area (Å²) < 4.78 is 10.8. The second kappa shape index (κ2) is 6.41. The molecule has 130 valence electrons. The highest BCUT2D eigenvalue weighted by Gasteiger charge is 2.33. The normalized spacial score (nSPS) is 20.2. The van der Waals surface area contributed by atoms with Crippen LogP contribution < -0.4 is 14.4 Å². The molecule has 1 unspecified atom stereocenters. The fourth-order valence-electron chi connectivity index (χ4n) is 3.45. The molecule has 0 radical (unpaired) electrons. The minimum Gasteiger partial charge on any atom is -0.454 e. The lowest BCUT2D eigenvalue weighted by molar-refractivity contribution is -0.125.